The van der Waals surface area contributed by atoms with Crippen molar-refractivity contribution in [3.63, 3.8) is 0 Å². The van der Waals surface area contributed by atoms with Gasteiger partial charge in [-0.2, -0.15) is 0 Å². The van der Waals surface area contributed by atoms with Crippen LogP contribution in [0.4, 0.5) is 4.79 Å². The first-order valence-electron chi connectivity index (χ1n) is 9.54. The third-order valence-electron chi connectivity index (χ3n) is 6.26. The van der Waals surface area contributed by atoms with E-state index in [9.17, 15) is 9.59 Å². The van der Waals surface area contributed by atoms with E-state index in [1.165, 1.54) is 11.3 Å². The van der Waals surface area contributed by atoms with E-state index in [1.54, 1.807) is 4.90 Å². The Morgan fingerprint density at radius 1 is 1.15 bits per heavy atom. The summed E-state index contributed by atoms with van der Waals surface area (Å²) >= 11 is 1.48. The molecule has 140 valence electrons. The molecule has 3 saturated heterocycles. The second kappa shape index (κ2) is 6.37. The van der Waals surface area contributed by atoms with E-state index in [2.05, 4.69) is 0 Å². The summed E-state index contributed by atoms with van der Waals surface area (Å²) in [5.74, 6) is 0.0846. The number of piperidine rings is 2. The Labute approximate surface area is 162 Å². The van der Waals surface area contributed by atoms with Crippen LogP contribution in [-0.4, -0.2) is 46.0 Å². The van der Waals surface area contributed by atoms with Gasteiger partial charge in [0.1, 0.15) is 5.60 Å². The largest absolute Gasteiger partial charge is 0.441 e. The van der Waals surface area contributed by atoms with E-state index in [-0.39, 0.29) is 24.1 Å². The smallest absolute Gasteiger partial charge is 0.410 e. The van der Waals surface area contributed by atoms with Gasteiger partial charge in [-0.3, -0.25) is 4.79 Å². The van der Waals surface area contributed by atoms with Crippen molar-refractivity contribution in [2.45, 2.75) is 49.9 Å². The van der Waals surface area contributed by atoms with Gasteiger partial charge in [0.25, 0.3) is 5.91 Å². The summed E-state index contributed by atoms with van der Waals surface area (Å²) < 4.78 is 6.04. The number of hydrogen-bond donors (Lipinski definition) is 0. The summed E-state index contributed by atoms with van der Waals surface area (Å²) in [6, 6.07) is 13.9. The maximum absolute atomic E-state index is 13.2. The van der Waals surface area contributed by atoms with Crippen LogP contribution in [0.5, 0.6) is 0 Å². The zero-order valence-corrected chi connectivity index (χ0v) is 15.9. The minimum Gasteiger partial charge on any atom is -0.441 e. The standard InChI is InChI=1S/C21H22N2O3S/c24-19(17-7-4-12-27-17)23-16-8-10-21(11-9-16)18(23)14-22(20(25)26-21)13-15-5-2-1-3-6-15/h1-7,12,16,18H,8-11,13-14H2. The highest BCUT2D eigenvalue weighted by Crippen LogP contribution is 2.48. The molecule has 1 saturated carbocycles. The summed E-state index contributed by atoms with van der Waals surface area (Å²) in [6.07, 6.45) is 3.31. The quantitative estimate of drug-likeness (QED) is 0.809. The maximum Gasteiger partial charge on any atom is 0.410 e. The number of ether oxygens (including phenoxy) is 1. The molecule has 2 aromatic rings. The number of benzene rings is 1. The molecule has 2 amide bonds. The molecule has 0 N–H and O–H groups in total. The van der Waals surface area contributed by atoms with Gasteiger partial charge in [-0.1, -0.05) is 36.4 Å². The first-order chi connectivity index (χ1) is 13.2. The van der Waals surface area contributed by atoms with Crippen molar-refractivity contribution in [3.8, 4) is 0 Å². The Balaban J connectivity index is 1.45. The van der Waals surface area contributed by atoms with E-state index in [0.717, 1.165) is 36.1 Å². The molecule has 2 bridgehead atoms. The number of carbonyl (C=O) groups excluding carboxylic acids is 2. The summed E-state index contributed by atoms with van der Waals surface area (Å²) in [5.41, 5.74) is 0.564. The highest BCUT2D eigenvalue weighted by atomic mass is 32.1. The molecule has 4 heterocycles. The second-order valence-corrected chi connectivity index (χ2v) is 8.68. The normalized spacial score (nSPS) is 29.4. The molecule has 4 fully saturated rings. The van der Waals surface area contributed by atoms with E-state index in [1.807, 2.05) is 52.7 Å². The molecule has 1 atom stereocenters. The van der Waals surface area contributed by atoms with Crippen LogP contribution in [0.2, 0.25) is 0 Å². The molecule has 6 rings (SSSR count). The van der Waals surface area contributed by atoms with Crippen LogP contribution in [0.3, 0.4) is 0 Å². The summed E-state index contributed by atoms with van der Waals surface area (Å²) in [4.78, 5) is 30.5. The average molecular weight is 382 g/mol. The number of amides is 2. The number of thiophene rings is 1. The highest BCUT2D eigenvalue weighted by Gasteiger charge is 2.59. The summed E-state index contributed by atoms with van der Waals surface area (Å²) in [6.45, 7) is 1.05. The lowest BCUT2D eigenvalue weighted by Gasteiger charge is -2.60. The number of hydrogen-bond acceptors (Lipinski definition) is 4. The number of nitrogens with zero attached hydrogens (tertiary/aromatic N) is 2. The topological polar surface area (TPSA) is 49.9 Å². The molecule has 0 radical (unpaired) electrons. The van der Waals surface area contributed by atoms with Crippen molar-refractivity contribution in [2.24, 2.45) is 0 Å². The van der Waals surface area contributed by atoms with Crippen molar-refractivity contribution >= 4 is 23.3 Å². The molecule has 5 nitrogen and oxygen atoms in total. The fourth-order valence-corrected chi connectivity index (χ4v) is 5.59. The van der Waals surface area contributed by atoms with E-state index < -0.39 is 5.60 Å². The molecule has 27 heavy (non-hydrogen) atoms. The van der Waals surface area contributed by atoms with Gasteiger partial charge in [0.05, 0.1) is 10.9 Å². The Bertz CT molecular complexity index is 844. The van der Waals surface area contributed by atoms with Gasteiger partial charge >= 0.3 is 6.09 Å². The molecule has 1 unspecified atom stereocenters. The third kappa shape index (κ3) is 2.74. The molecule has 1 aromatic carbocycles. The van der Waals surface area contributed by atoms with Crippen molar-refractivity contribution in [1.29, 1.82) is 0 Å². The molecule has 4 aliphatic rings. The first-order valence-corrected chi connectivity index (χ1v) is 10.4. The highest BCUT2D eigenvalue weighted by molar-refractivity contribution is 7.12. The van der Waals surface area contributed by atoms with Gasteiger partial charge in [0.15, 0.2) is 0 Å². The molecular weight excluding hydrogens is 360 g/mol. The lowest BCUT2D eigenvalue weighted by molar-refractivity contribution is -0.164. The fraction of sp³-hybridized carbons (Fsp3) is 0.429. The number of rotatable bonds is 3. The average Bonchev–Trinajstić information content (AvgIpc) is 3.23. The SMILES string of the molecule is O=C1OC23CCC(CC2)N(C(=O)c2cccs2)C3CN1Cc1ccccc1. The van der Waals surface area contributed by atoms with Gasteiger partial charge in [-0.15, -0.1) is 11.3 Å². The molecule has 6 heteroatoms. The minimum atomic E-state index is -0.508. The summed E-state index contributed by atoms with van der Waals surface area (Å²) in [5, 5.41) is 1.94. The number of fused-ring (bicyclic) bond motifs is 2. The number of carbonyl (C=O) groups is 2. The second-order valence-electron chi connectivity index (χ2n) is 7.74. The molecule has 1 aromatic heterocycles. The van der Waals surface area contributed by atoms with Crippen LogP contribution >= 0.6 is 11.3 Å². The maximum atomic E-state index is 13.2. The van der Waals surface area contributed by atoms with Crippen molar-refractivity contribution in [2.75, 3.05) is 6.54 Å². The van der Waals surface area contributed by atoms with E-state index in [0.29, 0.717) is 13.1 Å². The predicted molar refractivity (Wildman–Crippen MR) is 103 cm³/mol. The Kier molecular flexibility index (Phi) is 3.97. The predicted octanol–water partition coefficient (Wildman–Crippen LogP) is 3.91. The first kappa shape index (κ1) is 16.8. The lowest BCUT2D eigenvalue weighted by Crippen LogP contribution is -2.73. The van der Waals surface area contributed by atoms with Crippen LogP contribution in [0.15, 0.2) is 47.8 Å². The Morgan fingerprint density at radius 2 is 1.93 bits per heavy atom. The zero-order chi connectivity index (χ0) is 18.4. The van der Waals surface area contributed by atoms with Gasteiger partial charge in [-0.05, 0) is 42.7 Å². The van der Waals surface area contributed by atoms with Gasteiger partial charge in [0.2, 0.25) is 0 Å². The molecule has 1 spiro atoms. The lowest BCUT2D eigenvalue weighted by atomic mass is 9.70. The van der Waals surface area contributed by atoms with Crippen LogP contribution < -0.4 is 0 Å². The summed E-state index contributed by atoms with van der Waals surface area (Å²) in [7, 11) is 0. The van der Waals surface area contributed by atoms with Crippen LogP contribution in [0, 0.1) is 0 Å². The van der Waals surface area contributed by atoms with Crippen LogP contribution in [-0.2, 0) is 11.3 Å². The molecule has 3 aliphatic heterocycles. The van der Waals surface area contributed by atoms with Crippen LogP contribution in [0.25, 0.3) is 0 Å². The monoisotopic (exact) mass is 382 g/mol. The van der Waals surface area contributed by atoms with E-state index >= 15 is 0 Å². The van der Waals surface area contributed by atoms with E-state index in [4.69, 9.17) is 4.74 Å². The van der Waals surface area contributed by atoms with Crippen molar-refractivity contribution in [1.82, 2.24) is 9.80 Å². The Hall–Kier alpha value is -2.34. The van der Waals surface area contributed by atoms with Gasteiger partial charge < -0.3 is 14.5 Å². The molecule has 1 aliphatic carbocycles. The minimum absolute atomic E-state index is 0.0685. The van der Waals surface area contributed by atoms with Crippen molar-refractivity contribution < 1.29 is 14.3 Å². The van der Waals surface area contributed by atoms with Crippen molar-refractivity contribution in [3.05, 3.63) is 58.3 Å². The third-order valence-corrected chi connectivity index (χ3v) is 7.12. The van der Waals surface area contributed by atoms with Gasteiger partial charge in [-0.25, -0.2) is 4.79 Å². The molecular formula is C21H22N2O3S. The van der Waals surface area contributed by atoms with Crippen LogP contribution in [0.1, 0.15) is 40.9 Å². The zero-order valence-electron chi connectivity index (χ0n) is 15.0. The Morgan fingerprint density at radius 3 is 2.63 bits per heavy atom. The fourth-order valence-electron chi connectivity index (χ4n) is 4.92. The van der Waals surface area contributed by atoms with Gasteiger partial charge in [0, 0.05) is 19.1 Å².